The van der Waals surface area contributed by atoms with Gasteiger partial charge >= 0.3 is 0 Å². The zero-order valence-corrected chi connectivity index (χ0v) is 18.8. The summed E-state index contributed by atoms with van der Waals surface area (Å²) in [5.74, 6) is 1.74. The van der Waals surface area contributed by atoms with Gasteiger partial charge in [-0.05, 0) is 75.2 Å². The van der Waals surface area contributed by atoms with Crippen LogP contribution in [-0.4, -0.2) is 68.4 Å². The zero-order chi connectivity index (χ0) is 20.6. The molecule has 0 aromatic heterocycles. The Morgan fingerprint density at radius 3 is 2.43 bits per heavy atom. The fourth-order valence-corrected chi connectivity index (χ4v) is 5.49. The van der Waals surface area contributed by atoms with E-state index < -0.39 is 0 Å². The third-order valence-corrected chi connectivity index (χ3v) is 7.28. The largest absolute Gasteiger partial charge is 0.497 e. The molecule has 0 bridgehead atoms. The Kier molecular flexibility index (Phi) is 8.24. The summed E-state index contributed by atoms with van der Waals surface area (Å²) in [7, 11) is 1.71. The molecule has 1 unspecified atom stereocenters. The van der Waals surface area contributed by atoms with Crippen LogP contribution in [0.1, 0.15) is 56.9 Å². The summed E-state index contributed by atoms with van der Waals surface area (Å²) < 4.78 is 11.2. The molecule has 3 fully saturated rings. The van der Waals surface area contributed by atoms with E-state index in [2.05, 4.69) is 34.1 Å². The summed E-state index contributed by atoms with van der Waals surface area (Å²) >= 11 is 0. The molecule has 1 aliphatic carbocycles. The van der Waals surface area contributed by atoms with Gasteiger partial charge in [0.25, 0.3) is 0 Å². The lowest BCUT2D eigenvalue weighted by molar-refractivity contribution is 0.0614. The molecule has 2 aliphatic heterocycles. The third-order valence-electron chi connectivity index (χ3n) is 7.28. The average molecular weight is 413 g/mol. The number of nitrogens with zero attached hydrogens (tertiary/aromatic N) is 2. The van der Waals surface area contributed by atoms with Crippen molar-refractivity contribution in [3.05, 3.63) is 35.9 Å². The van der Waals surface area contributed by atoms with E-state index in [1.807, 2.05) is 12.1 Å². The van der Waals surface area contributed by atoms with Crippen LogP contribution in [0.15, 0.2) is 30.3 Å². The molecule has 4 nitrogen and oxygen atoms in total. The molecule has 1 aromatic rings. The number of likely N-dealkylation sites (tertiary alicyclic amines) is 1. The zero-order valence-electron chi connectivity index (χ0n) is 18.8. The maximum Gasteiger partial charge on any atom is 0.118 e. The van der Waals surface area contributed by atoms with Crippen molar-refractivity contribution in [3.8, 4) is 5.75 Å². The highest BCUT2D eigenvalue weighted by Gasteiger charge is 2.28. The molecule has 0 amide bonds. The molecule has 4 heteroatoms. The molecular weight excluding hydrogens is 372 g/mol. The topological polar surface area (TPSA) is 24.9 Å². The Morgan fingerprint density at radius 2 is 1.77 bits per heavy atom. The van der Waals surface area contributed by atoms with E-state index in [-0.39, 0.29) is 0 Å². The molecule has 4 rings (SSSR count). The molecule has 30 heavy (non-hydrogen) atoms. The number of piperidine rings is 1. The number of rotatable bonds is 9. The molecule has 1 saturated carbocycles. The van der Waals surface area contributed by atoms with Gasteiger partial charge < -0.3 is 14.4 Å². The molecule has 1 atom stereocenters. The van der Waals surface area contributed by atoms with Gasteiger partial charge in [0.1, 0.15) is 5.75 Å². The second-order valence-electron chi connectivity index (χ2n) is 9.45. The first kappa shape index (κ1) is 21.9. The Morgan fingerprint density at radius 1 is 1.00 bits per heavy atom. The normalized spacial score (nSPS) is 24.4. The van der Waals surface area contributed by atoms with Crippen LogP contribution in [0.3, 0.4) is 0 Å². The molecule has 0 spiro atoms. The second-order valence-corrected chi connectivity index (χ2v) is 9.45. The van der Waals surface area contributed by atoms with E-state index >= 15 is 0 Å². The Bertz CT molecular complexity index is 640. The summed E-state index contributed by atoms with van der Waals surface area (Å²) in [4.78, 5) is 5.43. The SMILES string of the molecule is COc1ccc(/C=C/CN(CC2CCN(C3CCCC3)CC2)CC2CCCO2)cc1. The van der Waals surface area contributed by atoms with Gasteiger partial charge in [0.15, 0.2) is 0 Å². The van der Waals surface area contributed by atoms with Crippen LogP contribution in [0.4, 0.5) is 0 Å². The highest BCUT2D eigenvalue weighted by Crippen LogP contribution is 2.28. The van der Waals surface area contributed by atoms with Crippen molar-refractivity contribution in [1.29, 1.82) is 0 Å². The lowest BCUT2D eigenvalue weighted by atomic mass is 9.94. The molecule has 1 aromatic carbocycles. The standard InChI is InChI=1S/C26H40N2O2/c1-29-25-12-10-22(11-13-25)6-4-16-27(21-26-9-5-19-30-26)20-23-14-17-28(18-15-23)24-7-2-3-8-24/h4,6,10-13,23-24,26H,2-3,5,7-9,14-21H2,1H3/b6-4+. The van der Waals surface area contributed by atoms with Gasteiger partial charge in [-0.25, -0.2) is 0 Å². The van der Waals surface area contributed by atoms with Crippen LogP contribution in [0, 0.1) is 5.92 Å². The second kappa shape index (κ2) is 11.3. The predicted octanol–water partition coefficient (Wildman–Crippen LogP) is 4.84. The first-order valence-corrected chi connectivity index (χ1v) is 12.2. The van der Waals surface area contributed by atoms with Crippen molar-refractivity contribution in [3.63, 3.8) is 0 Å². The number of hydrogen-bond donors (Lipinski definition) is 0. The van der Waals surface area contributed by atoms with Crippen LogP contribution in [0.2, 0.25) is 0 Å². The minimum atomic E-state index is 0.429. The van der Waals surface area contributed by atoms with Gasteiger partial charge in [-0.3, -0.25) is 4.90 Å². The smallest absolute Gasteiger partial charge is 0.118 e. The molecule has 2 saturated heterocycles. The van der Waals surface area contributed by atoms with E-state index in [9.17, 15) is 0 Å². The number of methoxy groups -OCH3 is 1. The maximum absolute atomic E-state index is 5.96. The summed E-state index contributed by atoms with van der Waals surface area (Å²) in [6.07, 6.45) is 15.9. The molecule has 0 N–H and O–H groups in total. The van der Waals surface area contributed by atoms with Crippen LogP contribution in [-0.2, 0) is 4.74 Å². The summed E-state index contributed by atoms with van der Waals surface area (Å²) in [6, 6.07) is 9.20. The lowest BCUT2D eigenvalue weighted by Gasteiger charge is -2.38. The third kappa shape index (κ3) is 6.32. The minimum Gasteiger partial charge on any atom is -0.497 e. The molecular formula is C26H40N2O2. The van der Waals surface area contributed by atoms with Gasteiger partial charge in [-0.15, -0.1) is 0 Å². The fourth-order valence-electron chi connectivity index (χ4n) is 5.49. The van der Waals surface area contributed by atoms with Crippen LogP contribution >= 0.6 is 0 Å². The Labute approximate surface area is 183 Å². The Balaban J connectivity index is 1.28. The number of benzene rings is 1. The van der Waals surface area contributed by atoms with E-state index in [1.54, 1.807) is 7.11 Å². The number of hydrogen-bond acceptors (Lipinski definition) is 4. The van der Waals surface area contributed by atoms with Gasteiger partial charge in [-0.1, -0.05) is 37.1 Å². The van der Waals surface area contributed by atoms with E-state index in [0.717, 1.165) is 37.4 Å². The van der Waals surface area contributed by atoms with Crippen molar-refractivity contribution < 1.29 is 9.47 Å². The van der Waals surface area contributed by atoms with E-state index in [0.29, 0.717) is 6.10 Å². The van der Waals surface area contributed by atoms with Crippen molar-refractivity contribution in [2.75, 3.05) is 46.4 Å². The first-order chi connectivity index (χ1) is 14.8. The summed E-state index contributed by atoms with van der Waals surface area (Å²) in [5.41, 5.74) is 1.23. The van der Waals surface area contributed by atoms with E-state index in [4.69, 9.17) is 9.47 Å². The maximum atomic E-state index is 5.96. The highest BCUT2D eigenvalue weighted by atomic mass is 16.5. The summed E-state index contributed by atoms with van der Waals surface area (Å²) in [6.45, 7) is 6.87. The van der Waals surface area contributed by atoms with Crippen molar-refractivity contribution in [2.24, 2.45) is 5.92 Å². The highest BCUT2D eigenvalue weighted by molar-refractivity contribution is 5.50. The van der Waals surface area contributed by atoms with Crippen LogP contribution < -0.4 is 4.74 Å². The quantitative estimate of drug-likeness (QED) is 0.579. The molecule has 0 radical (unpaired) electrons. The molecule has 166 valence electrons. The van der Waals surface area contributed by atoms with Gasteiger partial charge in [0, 0.05) is 32.3 Å². The van der Waals surface area contributed by atoms with Crippen LogP contribution in [0.25, 0.3) is 6.08 Å². The molecule has 3 aliphatic rings. The molecule has 2 heterocycles. The van der Waals surface area contributed by atoms with Crippen molar-refractivity contribution >= 4 is 6.08 Å². The lowest BCUT2D eigenvalue weighted by Crippen LogP contribution is -2.43. The van der Waals surface area contributed by atoms with Gasteiger partial charge in [0.05, 0.1) is 13.2 Å². The summed E-state index contributed by atoms with van der Waals surface area (Å²) in [5, 5.41) is 0. The minimum absolute atomic E-state index is 0.429. The predicted molar refractivity (Wildman–Crippen MR) is 124 cm³/mol. The Hall–Kier alpha value is -1.36. The average Bonchev–Trinajstić information content (AvgIpc) is 3.49. The fraction of sp³-hybridized carbons (Fsp3) is 0.692. The van der Waals surface area contributed by atoms with Gasteiger partial charge in [0.2, 0.25) is 0 Å². The first-order valence-electron chi connectivity index (χ1n) is 12.2. The van der Waals surface area contributed by atoms with E-state index in [1.165, 1.54) is 76.6 Å². The number of ether oxygens (including phenoxy) is 2. The monoisotopic (exact) mass is 412 g/mol. The van der Waals surface area contributed by atoms with Crippen LogP contribution in [0.5, 0.6) is 5.75 Å². The van der Waals surface area contributed by atoms with Gasteiger partial charge in [-0.2, -0.15) is 0 Å². The van der Waals surface area contributed by atoms with Crippen molar-refractivity contribution in [1.82, 2.24) is 9.80 Å². The van der Waals surface area contributed by atoms with Crippen molar-refractivity contribution in [2.45, 2.75) is 63.5 Å².